The van der Waals surface area contributed by atoms with Crippen molar-refractivity contribution in [3.8, 4) is 0 Å². The highest BCUT2D eigenvalue weighted by molar-refractivity contribution is 5.26. The average Bonchev–Trinajstić information content (AvgIpc) is 2.27. The van der Waals surface area contributed by atoms with Crippen LogP contribution >= 0.6 is 0 Å². The predicted molar refractivity (Wildman–Crippen MR) is 64.1 cm³/mol. The summed E-state index contributed by atoms with van der Waals surface area (Å²) in [5, 5.41) is 9.70. The van der Waals surface area contributed by atoms with Crippen molar-refractivity contribution in [2.24, 2.45) is 5.73 Å². The van der Waals surface area contributed by atoms with Crippen LogP contribution in [0.4, 0.5) is 13.2 Å². The van der Waals surface area contributed by atoms with E-state index in [1.54, 1.807) is 12.1 Å². The Morgan fingerprint density at radius 1 is 1.11 bits per heavy atom. The number of hydrogen-bond donors (Lipinski definition) is 2. The van der Waals surface area contributed by atoms with E-state index < -0.39 is 24.7 Å². The molecule has 2 atom stereocenters. The Labute approximate surface area is 105 Å². The lowest BCUT2D eigenvalue weighted by Crippen LogP contribution is -2.38. The van der Waals surface area contributed by atoms with Crippen LogP contribution in [-0.4, -0.2) is 17.3 Å². The van der Waals surface area contributed by atoms with Crippen molar-refractivity contribution in [2.75, 3.05) is 0 Å². The van der Waals surface area contributed by atoms with Crippen LogP contribution in [0.1, 0.15) is 43.4 Å². The largest absolute Gasteiger partial charge is 0.403 e. The molecule has 102 valence electrons. The number of hydrogen-bond acceptors (Lipinski definition) is 2. The van der Waals surface area contributed by atoms with Crippen molar-refractivity contribution in [1.82, 2.24) is 0 Å². The molecule has 0 radical (unpaired) electrons. The normalized spacial score (nSPS) is 15.8. The number of alkyl halides is 3. The molecule has 3 N–H and O–H groups in total. The van der Waals surface area contributed by atoms with Gasteiger partial charge in [-0.1, -0.05) is 38.1 Å². The van der Waals surface area contributed by atoms with Crippen LogP contribution in [0.5, 0.6) is 0 Å². The lowest BCUT2D eigenvalue weighted by molar-refractivity contribution is -0.153. The molecular formula is C13H18F3NO. The summed E-state index contributed by atoms with van der Waals surface area (Å²) < 4.78 is 36.8. The molecule has 1 rings (SSSR count). The Balaban J connectivity index is 2.70. The molecule has 2 nitrogen and oxygen atoms in total. The quantitative estimate of drug-likeness (QED) is 0.874. The summed E-state index contributed by atoms with van der Waals surface area (Å²) in [6.07, 6.45) is -6.19. The SMILES string of the molecule is CC(C)c1ccc([C@@H](O)C[C@@H](N)C(F)(F)F)cc1. The van der Waals surface area contributed by atoms with Crippen LogP contribution in [0.25, 0.3) is 0 Å². The average molecular weight is 261 g/mol. The minimum Gasteiger partial charge on any atom is -0.388 e. The van der Waals surface area contributed by atoms with Crippen LogP contribution in [0.15, 0.2) is 24.3 Å². The van der Waals surface area contributed by atoms with Crippen LogP contribution in [-0.2, 0) is 0 Å². The molecule has 0 unspecified atom stereocenters. The van der Waals surface area contributed by atoms with Crippen LogP contribution in [0.3, 0.4) is 0 Å². The van der Waals surface area contributed by atoms with E-state index in [-0.39, 0.29) is 0 Å². The van der Waals surface area contributed by atoms with Crippen molar-refractivity contribution in [3.05, 3.63) is 35.4 Å². The maximum atomic E-state index is 12.3. The van der Waals surface area contributed by atoms with Gasteiger partial charge in [-0.2, -0.15) is 13.2 Å². The molecule has 0 heterocycles. The number of aliphatic hydroxyl groups excluding tert-OH is 1. The first-order chi connectivity index (χ1) is 8.21. The van der Waals surface area contributed by atoms with E-state index in [0.29, 0.717) is 11.5 Å². The lowest BCUT2D eigenvalue weighted by atomic mass is 9.97. The minimum atomic E-state index is -4.47. The zero-order chi connectivity index (χ0) is 13.9. The fourth-order valence-corrected chi connectivity index (χ4v) is 1.61. The third-order valence-corrected chi connectivity index (χ3v) is 2.89. The molecule has 0 aromatic heterocycles. The second kappa shape index (κ2) is 5.71. The molecule has 0 saturated carbocycles. The van der Waals surface area contributed by atoms with E-state index in [9.17, 15) is 18.3 Å². The predicted octanol–water partition coefficient (Wildman–Crippen LogP) is 3.12. The zero-order valence-electron chi connectivity index (χ0n) is 10.4. The number of nitrogens with two attached hydrogens (primary N) is 1. The molecule has 1 aromatic carbocycles. The second-order valence-electron chi connectivity index (χ2n) is 4.72. The summed E-state index contributed by atoms with van der Waals surface area (Å²) in [6, 6.07) is 4.90. The molecule has 0 spiro atoms. The van der Waals surface area contributed by atoms with Gasteiger partial charge in [-0.15, -0.1) is 0 Å². The van der Waals surface area contributed by atoms with Gasteiger partial charge in [0.15, 0.2) is 0 Å². The number of halogens is 3. The van der Waals surface area contributed by atoms with E-state index in [1.807, 2.05) is 26.0 Å². The minimum absolute atomic E-state index is 0.341. The molecule has 0 fully saturated rings. The van der Waals surface area contributed by atoms with Gasteiger partial charge in [0.25, 0.3) is 0 Å². The highest BCUT2D eigenvalue weighted by atomic mass is 19.4. The maximum Gasteiger partial charge on any atom is 0.403 e. The van der Waals surface area contributed by atoms with Gasteiger partial charge in [-0.25, -0.2) is 0 Å². The molecule has 0 aliphatic carbocycles. The van der Waals surface area contributed by atoms with Gasteiger partial charge >= 0.3 is 6.18 Å². The number of aliphatic hydroxyl groups is 1. The summed E-state index contributed by atoms with van der Waals surface area (Å²) in [5.74, 6) is 0.341. The Kier molecular flexibility index (Phi) is 4.76. The van der Waals surface area contributed by atoms with Gasteiger partial charge in [0.1, 0.15) is 6.04 Å². The number of rotatable bonds is 4. The molecule has 0 aliphatic rings. The fourth-order valence-electron chi connectivity index (χ4n) is 1.61. The van der Waals surface area contributed by atoms with Crippen molar-refractivity contribution >= 4 is 0 Å². The Morgan fingerprint density at radius 3 is 1.94 bits per heavy atom. The first kappa shape index (κ1) is 15.0. The second-order valence-corrected chi connectivity index (χ2v) is 4.72. The topological polar surface area (TPSA) is 46.2 Å². The van der Waals surface area contributed by atoms with E-state index in [2.05, 4.69) is 0 Å². The fraction of sp³-hybridized carbons (Fsp3) is 0.538. The molecule has 0 saturated heterocycles. The highest BCUT2D eigenvalue weighted by Crippen LogP contribution is 2.27. The van der Waals surface area contributed by atoms with Crippen LogP contribution in [0, 0.1) is 0 Å². The van der Waals surface area contributed by atoms with Gasteiger partial charge in [-0.05, 0) is 17.0 Å². The van der Waals surface area contributed by atoms with Gasteiger partial charge in [-0.3, -0.25) is 0 Å². The van der Waals surface area contributed by atoms with Crippen molar-refractivity contribution in [1.29, 1.82) is 0 Å². The third kappa shape index (κ3) is 3.99. The third-order valence-electron chi connectivity index (χ3n) is 2.89. The molecule has 0 aliphatic heterocycles. The maximum absolute atomic E-state index is 12.3. The van der Waals surface area contributed by atoms with Crippen molar-refractivity contribution in [2.45, 2.75) is 44.5 Å². The molecular weight excluding hydrogens is 243 g/mol. The molecule has 18 heavy (non-hydrogen) atoms. The van der Waals surface area contributed by atoms with E-state index in [4.69, 9.17) is 5.73 Å². The van der Waals surface area contributed by atoms with E-state index >= 15 is 0 Å². The Bertz CT molecular complexity index is 373. The summed E-state index contributed by atoms with van der Waals surface area (Å²) in [7, 11) is 0. The van der Waals surface area contributed by atoms with Gasteiger partial charge < -0.3 is 10.8 Å². The smallest absolute Gasteiger partial charge is 0.388 e. The van der Waals surface area contributed by atoms with Crippen molar-refractivity contribution in [3.63, 3.8) is 0 Å². The highest BCUT2D eigenvalue weighted by Gasteiger charge is 2.37. The summed E-state index contributed by atoms with van der Waals surface area (Å²) in [6.45, 7) is 4.04. The molecule has 1 aromatic rings. The Hall–Kier alpha value is -1.07. The van der Waals surface area contributed by atoms with E-state index in [0.717, 1.165) is 5.56 Å². The van der Waals surface area contributed by atoms with Crippen molar-refractivity contribution < 1.29 is 18.3 Å². The summed E-state index contributed by atoms with van der Waals surface area (Å²) in [4.78, 5) is 0. The molecule has 0 amide bonds. The summed E-state index contributed by atoms with van der Waals surface area (Å²) >= 11 is 0. The van der Waals surface area contributed by atoms with E-state index in [1.165, 1.54) is 0 Å². The standard InChI is InChI=1S/C13H18F3NO/c1-8(2)9-3-5-10(6-4-9)11(18)7-12(17)13(14,15)16/h3-6,8,11-12,18H,7,17H2,1-2H3/t11-,12+/m0/s1. The lowest BCUT2D eigenvalue weighted by Gasteiger charge is -2.19. The summed E-state index contributed by atoms with van der Waals surface area (Å²) in [5.41, 5.74) is 6.51. The molecule has 0 bridgehead atoms. The van der Waals surface area contributed by atoms with Crippen LogP contribution < -0.4 is 5.73 Å². The van der Waals surface area contributed by atoms with Gasteiger partial charge in [0.2, 0.25) is 0 Å². The van der Waals surface area contributed by atoms with Crippen LogP contribution in [0.2, 0.25) is 0 Å². The zero-order valence-corrected chi connectivity index (χ0v) is 10.4. The first-order valence-corrected chi connectivity index (χ1v) is 5.82. The first-order valence-electron chi connectivity index (χ1n) is 5.82. The molecule has 5 heteroatoms. The van der Waals surface area contributed by atoms with Gasteiger partial charge in [0, 0.05) is 6.42 Å². The van der Waals surface area contributed by atoms with Gasteiger partial charge in [0.05, 0.1) is 6.10 Å². The monoisotopic (exact) mass is 261 g/mol. The number of benzene rings is 1. The Morgan fingerprint density at radius 2 is 1.56 bits per heavy atom.